The van der Waals surface area contributed by atoms with Crippen molar-refractivity contribution < 1.29 is 9.13 Å². The van der Waals surface area contributed by atoms with Gasteiger partial charge in [-0.05, 0) is 29.8 Å². The normalized spacial score (nSPS) is 10.0. The second-order valence-corrected chi connectivity index (χ2v) is 3.69. The minimum atomic E-state index is -0.333. The van der Waals surface area contributed by atoms with Crippen LogP contribution in [0.5, 0.6) is 5.75 Å². The third-order valence-corrected chi connectivity index (χ3v) is 2.49. The van der Waals surface area contributed by atoms with Crippen LogP contribution in [-0.4, -0.2) is 7.11 Å². The van der Waals surface area contributed by atoms with Crippen molar-refractivity contribution in [2.75, 3.05) is 12.4 Å². The quantitative estimate of drug-likeness (QED) is 0.870. The number of para-hydroxylation sites is 1. The van der Waals surface area contributed by atoms with Gasteiger partial charge < -0.3 is 10.1 Å². The number of benzene rings is 2. The van der Waals surface area contributed by atoms with E-state index in [1.807, 2.05) is 36.4 Å². The molecule has 3 heteroatoms. The monoisotopic (exact) mass is 231 g/mol. The summed E-state index contributed by atoms with van der Waals surface area (Å²) >= 11 is 0. The first-order valence-corrected chi connectivity index (χ1v) is 5.41. The minimum Gasteiger partial charge on any atom is -0.494 e. The van der Waals surface area contributed by atoms with Crippen molar-refractivity contribution in [1.29, 1.82) is 0 Å². The van der Waals surface area contributed by atoms with Crippen LogP contribution in [0, 0.1) is 5.82 Å². The van der Waals surface area contributed by atoms with E-state index < -0.39 is 0 Å². The third-order valence-electron chi connectivity index (χ3n) is 2.49. The molecule has 0 bridgehead atoms. The van der Waals surface area contributed by atoms with Gasteiger partial charge in [-0.1, -0.05) is 24.3 Å². The molecule has 0 atom stereocenters. The van der Waals surface area contributed by atoms with Crippen LogP contribution >= 0.6 is 0 Å². The average Bonchev–Trinajstić information content (AvgIpc) is 2.38. The number of ether oxygens (including phenoxy) is 1. The first kappa shape index (κ1) is 11.5. The van der Waals surface area contributed by atoms with Crippen molar-refractivity contribution in [3.63, 3.8) is 0 Å². The minimum absolute atomic E-state index is 0.272. The molecule has 1 N–H and O–H groups in total. The molecule has 17 heavy (non-hydrogen) atoms. The summed E-state index contributed by atoms with van der Waals surface area (Å²) in [4.78, 5) is 0. The summed E-state index contributed by atoms with van der Waals surface area (Å²) in [5, 5.41) is 3.22. The van der Waals surface area contributed by atoms with Gasteiger partial charge in [-0.2, -0.15) is 0 Å². The van der Waals surface area contributed by atoms with E-state index in [2.05, 4.69) is 5.32 Å². The molecule has 0 saturated heterocycles. The second kappa shape index (κ2) is 5.34. The predicted molar refractivity (Wildman–Crippen MR) is 66.7 cm³/mol. The van der Waals surface area contributed by atoms with Crippen LogP contribution in [0.2, 0.25) is 0 Å². The predicted octanol–water partition coefficient (Wildman–Crippen LogP) is 3.45. The summed E-state index contributed by atoms with van der Waals surface area (Å²) in [5.41, 5.74) is 1.90. The van der Waals surface area contributed by atoms with Gasteiger partial charge in [0.15, 0.2) is 11.6 Å². The number of anilines is 1. The molecule has 0 spiro atoms. The van der Waals surface area contributed by atoms with E-state index in [0.717, 1.165) is 11.3 Å². The molecule has 0 aromatic heterocycles. The highest BCUT2D eigenvalue weighted by Crippen LogP contribution is 2.18. The first-order chi connectivity index (χ1) is 8.29. The molecule has 88 valence electrons. The molecule has 0 saturated carbocycles. The lowest BCUT2D eigenvalue weighted by molar-refractivity contribution is 0.386. The molecule has 0 aliphatic rings. The topological polar surface area (TPSA) is 21.3 Å². The van der Waals surface area contributed by atoms with Crippen molar-refractivity contribution in [2.45, 2.75) is 6.54 Å². The molecule has 0 fully saturated rings. The van der Waals surface area contributed by atoms with E-state index >= 15 is 0 Å². The molecule has 0 heterocycles. The zero-order valence-electron chi connectivity index (χ0n) is 9.61. The highest BCUT2D eigenvalue weighted by molar-refractivity contribution is 5.43. The fourth-order valence-electron chi connectivity index (χ4n) is 1.58. The molecule has 2 rings (SSSR count). The summed E-state index contributed by atoms with van der Waals surface area (Å²) in [7, 11) is 1.46. The van der Waals surface area contributed by atoms with Gasteiger partial charge in [0.1, 0.15) is 0 Å². The molecule has 2 aromatic rings. The Morgan fingerprint density at radius 2 is 1.88 bits per heavy atom. The fourth-order valence-corrected chi connectivity index (χ4v) is 1.58. The van der Waals surface area contributed by atoms with Crippen molar-refractivity contribution in [2.24, 2.45) is 0 Å². The lowest BCUT2D eigenvalue weighted by Crippen LogP contribution is -2.00. The maximum absolute atomic E-state index is 13.4. The summed E-state index contributed by atoms with van der Waals surface area (Å²) in [6.45, 7) is 0.588. The van der Waals surface area contributed by atoms with E-state index in [9.17, 15) is 4.39 Å². The molecule has 0 unspecified atom stereocenters. The van der Waals surface area contributed by atoms with Crippen LogP contribution in [-0.2, 0) is 6.54 Å². The zero-order chi connectivity index (χ0) is 12.1. The highest BCUT2D eigenvalue weighted by atomic mass is 19.1. The summed E-state index contributed by atoms with van der Waals surface area (Å²) in [6.07, 6.45) is 0. The van der Waals surface area contributed by atoms with Gasteiger partial charge in [0, 0.05) is 12.2 Å². The van der Waals surface area contributed by atoms with E-state index in [1.165, 1.54) is 13.2 Å². The molecule has 0 radical (unpaired) electrons. The molecule has 2 aromatic carbocycles. The highest BCUT2D eigenvalue weighted by Gasteiger charge is 2.02. The third kappa shape index (κ3) is 2.97. The molecule has 0 aliphatic heterocycles. The Morgan fingerprint density at radius 1 is 1.12 bits per heavy atom. The first-order valence-electron chi connectivity index (χ1n) is 5.41. The van der Waals surface area contributed by atoms with Crippen LogP contribution in [0.1, 0.15) is 5.56 Å². The number of nitrogens with one attached hydrogen (secondary N) is 1. The number of hydrogen-bond acceptors (Lipinski definition) is 2. The van der Waals surface area contributed by atoms with Crippen molar-refractivity contribution >= 4 is 5.69 Å². The van der Waals surface area contributed by atoms with E-state index in [1.54, 1.807) is 6.07 Å². The molecular formula is C14H14FNO. The second-order valence-electron chi connectivity index (χ2n) is 3.69. The summed E-state index contributed by atoms with van der Waals surface area (Å²) in [6, 6.07) is 14.8. The molecule has 2 nitrogen and oxygen atoms in total. The molecule has 0 aliphatic carbocycles. The van der Waals surface area contributed by atoms with Crippen molar-refractivity contribution in [3.8, 4) is 5.75 Å². The summed E-state index contributed by atoms with van der Waals surface area (Å²) < 4.78 is 18.3. The Labute approximate surface area is 100 Å². The number of halogens is 1. The SMILES string of the molecule is COc1ccc(CNc2ccccc2)cc1F. The lowest BCUT2D eigenvalue weighted by Gasteiger charge is -2.08. The van der Waals surface area contributed by atoms with Gasteiger partial charge in [-0.25, -0.2) is 4.39 Å². The number of hydrogen-bond donors (Lipinski definition) is 1. The van der Waals surface area contributed by atoms with E-state index in [-0.39, 0.29) is 11.6 Å². The van der Waals surface area contributed by atoms with Gasteiger partial charge >= 0.3 is 0 Å². The van der Waals surface area contributed by atoms with Crippen LogP contribution in [0.4, 0.5) is 10.1 Å². The van der Waals surface area contributed by atoms with Gasteiger partial charge in [0.2, 0.25) is 0 Å². The number of rotatable bonds is 4. The molecule has 0 amide bonds. The van der Waals surface area contributed by atoms with Gasteiger partial charge in [0.05, 0.1) is 7.11 Å². The maximum atomic E-state index is 13.4. The Kier molecular flexibility index (Phi) is 3.60. The smallest absolute Gasteiger partial charge is 0.165 e. The standard InChI is InChI=1S/C14H14FNO/c1-17-14-8-7-11(9-13(14)15)10-16-12-5-3-2-4-6-12/h2-9,16H,10H2,1H3. The van der Waals surface area contributed by atoms with Gasteiger partial charge in [0.25, 0.3) is 0 Å². The zero-order valence-corrected chi connectivity index (χ0v) is 9.61. The van der Waals surface area contributed by atoms with Crippen LogP contribution < -0.4 is 10.1 Å². The maximum Gasteiger partial charge on any atom is 0.165 e. The van der Waals surface area contributed by atoms with Gasteiger partial charge in [-0.15, -0.1) is 0 Å². The Bertz CT molecular complexity index is 485. The summed E-state index contributed by atoms with van der Waals surface area (Å²) in [5.74, 6) is -0.0617. The van der Waals surface area contributed by atoms with Gasteiger partial charge in [-0.3, -0.25) is 0 Å². The average molecular weight is 231 g/mol. The van der Waals surface area contributed by atoms with Crippen LogP contribution in [0.25, 0.3) is 0 Å². The van der Waals surface area contributed by atoms with E-state index in [4.69, 9.17) is 4.74 Å². The van der Waals surface area contributed by atoms with Crippen molar-refractivity contribution in [1.82, 2.24) is 0 Å². The van der Waals surface area contributed by atoms with E-state index in [0.29, 0.717) is 6.54 Å². The Morgan fingerprint density at radius 3 is 2.53 bits per heavy atom. The fraction of sp³-hybridized carbons (Fsp3) is 0.143. The molecular weight excluding hydrogens is 217 g/mol. The van der Waals surface area contributed by atoms with Crippen molar-refractivity contribution in [3.05, 3.63) is 59.9 Å². The van der Waals surface area contributed by atoms with Crippen LogP contribution in [0.15, 0.2) is 48.5 Å². The Balaban J connectivity index is 2.02. The Hall–Kier alpha value is -2.03. The van der Waals surface area contributed by atoms with Crippen LogP contribution in [0.3, 0.4) is 0 Å². The number of methoxy groups -OCH3 is 1. The lowest BCUT2D eigenvalue weighted by atomic mass is 10.2. The largest absolute Gasteiger partial charge is 0.494 e.